The largest absolute Gasteiger partial charge is 0.312 e. The van der Waals surface area contributed by atoms with Gasteiger partial charge in [0.1, 0.15) is 0 Å². The fourth-order valence-corrected chi connectivity index (χ4v) is 4.10. The monoisotopic (exact) mass is 376 g/mol. The molecule has 0 aliphatic carbocycles. The van der Waals surface area contributed by atoms with Gasteiger partial charge in [0.25, 0.3) is 5.91 Å². The van der Waals surface area contributed by atoms with Crippen LogP contribution in [0.5, 0.6) is 0 Å². The average molecular weight is 377 g/mol. The molecule has 2 aliphatic rings. The normalized spacial score (nSPS) is 25.1. The molecule has 1 aromatic heterocycles. The van der Waals surface area contributed by atoms with Crippen LogP contribution >= 0.6 is 0 Å². The SMILES string of the molecule is CCC1Cc2ncc(C(=O)NO)cc2CN1C.CCC[C@@H]1CCCC(C)N1. The maximum atomic E-state index is 11.3. The zero-order valence-corrected chi connectivity index (χ0v) is 17.3. The minimum Gasteiger partial charge on any atom is -0.312 e. The molecule has 3 N–H and O–H groups in total. The van der Waals surface area contributed by atoms with Gasteiger partial charge in [-0.1, -0.05) is 26.7 Å². The predicted octanol–water partition coefficient (Wildman–Crippen LogP) is 3.28. The van der Waals surface area contributed by atoms with Gasteiger partial charge < -0.3 is 5.32 Å². The lowest BCUT2D eigenvalue weighted by Crippen LogP contribution is -2.40. The Bertz CT molecular complexity index is 606. The third-order valence-corrected chi connectivity index (χ3v) is 5.71. The molecule has 0 spiro atoms. The third kappa shape index (κ3) is 6.26. The maximum Gasteiger partial charge on any atom is 0.276 e. The molecule has 2 aliphatic heterocycles. The molecule has 1 aromatic rings. The van der Waals surface area contributed by atoms with Gasteiger partial charge in [-0.3, -0.25) is 19.9 Å². The summed E-state index contributed by atoms with van der Waals surface area (Å²) in [4.78, 5) is 17.9. The standard InChI is InChI=1S/C12H17N3O2.C9H19N/c1-3-10-5-11-9(7-15(10)2)4-8(6-13-11)12(16)14-17;1-3-5-9-7-4-6-8(2)10-9/h4,6,10,17H,3,5,7H2,1-2H3,(H,14,16);8-10H,3-7H2,1-2H3/t;8?,9-/m.1/s1. The number of rotatable bonds is 4. The molecule has 3 heterocycles. The number of carbonyl (C=O) groups excluding carboxylic acids is 1. The molecule has 1 fully saturated rings. The number of amides is 1. The van der Waals surface area contributed by atoms with Gasteiger partial charge in [0.2, 0.25) is 0 Å². The summed E-state index contributed by atoms with van der Waals surface area (Å²) < 4.78 is 0. The van der Waals surface area contributed by atoms with Crippen molar-refractivity contribution < 1.29 is 10.0 Å². The first-order valence-electron chi connectivity index (χ1n) is 10.4. The number of fused-ring (bicyclic) bond motifs is 1. The molecular weight excluding hydrogens is 340 g/mol. The Morgan fingerprint density at radius 2 is 2.19 bits per heavy atom. The summed E-state index contributed by atoms with van der Waals surface area (Å²) >= 11 is 0. The lowest BCUT2D eigenvalue weighted by Gasteiger charge is -2.32. The van der Waals surface area contributed by atoms with Crippen LogP contribution in [0.15, 0.2) is 12.3 Å². The Balaban J connectivity index is 0.000000223. The van der Waals surface area contributed by atoms with Crippen molar-refractivity contribution >= 4 is 5.91 Å². The highest BCUT2D eigenvalue weighted by atomic mass is 16.5. The summed E-state index contributed by atoms with van der Waals surface area (Å²) in [6.07, 6.45) is 10.4. The lowest BCUT2D eigenvalue weighted by molar-refractivity contribution is 0.0705. The zero-order chi connectivity index (χ0) is 19.8. The predicted molar refractivity (Wildman–Crippen MR) is 108 cm³/mol. The first-order valence-corrected chi connectivity index (χ1v) is 10.4. The molecule has 0 aromatic carbocycles. The van der Waals surface area contributed by atoms with E-state index in [9.17, 15) is 4.79 Å². The number of likely N-dealkylation sites (N-methyl/N-ethyl adjacent to an activating group) is 1. The Morgan fingerprint density at radius 1 is 1.41 bits per heavy atom. The number of hydrogen-bond acceptors (Lipinski definition) is 5. The van der Waals surface area contributed by atoms with Crippen molar-refractivity contribution in [3.05, 3.63) is 29.1 Å². The van der Waals surface area contributed by atoms with E-state index in [0.717, 1.165) is 42.7 Å². The highest BCUT2D eigenvalue weighted by Crippen LogP contribution is 2.22. The molecule has 6 nitrogen and oxygen atoms in total. The summed E-state index contributed by atoms with van der Waals surface area (Å²) in [7, 11) is 2.08. The number of aromatic nitrogens is 1. The number of pyridine rings is 1. The molecule has 3 atom stereocenters. The summed E-state index contributed by atoms with van der Waals surface area (Å²) in [5.74, 6) is -0.513. The number of piperidine rings is 1. The van der Waals surface area contributed by atoms with Crippen molar-refractivity contribution in [2.75, 3.05) is 7.05 Å². The van der Waals surface area contributed by atoms with Gasteiger partial charge in [-0.05, 0) is 51.3 Å². The highest BCUT2D eigenvalue weighted by Gasteiger charge is 2.23. The van der Waals surface area contributed by atoms with Gasteiger partial charge in [-0.2, -0.15) is 0 Å². The number of nitrogens with one attached hydrogen (secondary N) is 2. The highest BCUT2D eigenvalue weighted by molar-refractivity contribution is 5.93. The smallest absolute Gasteiger partial charge is 0.276 e. The molecule has 6 heteroatoms. The lowest BCUT2D eigenvalue weighted by atomic mass is 9.96. The van der Waals surface area contributed by atoms with Gasteiger partial charge in [-0.25, -0.2) is 5.48 Å². The minimum atomic E-state index is -0.513. The molecule has 0 bridgehead atoms. The number of carbonyl (C=O) groups is 1. The molecule has 27 heavy (non-hydrogen) atoms. The fourth-order valence-electron chi connectivity index (χ4n) is 4.10. The van der Waals surface area contributed by atoms with Crippen LogP contribution in [-0.2, 0) is 13.0 Å². The second kappa shape index (κ2) is 10.7. The van der Waals surface area contributed by atoms with E-state index in [2.05, 4.69) is 43.0 Å². The van der Waals surface area contributed by atoms with Gasteiger partial charge in [0.15, 0.2) is 0 Å². The summed E-state index contributed by atoms with van der Waals surface area (Å²) in [6, 6.07) is 3.92. The quantitative estimate of drug-likeness (QED) is 0.555. The van der Waals surface area contributed by atoms with Crippen molar-refractivity contribution in [2.45, 2.75) is 90.4 Å². The molecule has 3 rings (SSSR count). The Labute approximate surface area is 163 Å². The van der Waals surface area contributed by atoms with Crippen LogP contribution in [0, 0.1) is 0 Å². The van der Waals surface area contributed by atoms with Gasteiger partial charge >= 0.3 is 0 Å². The van der Waals surface area contributed by atoms with E-state index in [1.165, 1.54) is 38.3 Å². The fraction of sp³-hybridized carbons (Fsp3) is 0.714. The van der Waals surface area contributed by atoms with Crippen LogP contribution in [0.25, 0.3) is 0 Å². The average Bonchev–Trinajstić information content (AvgIpc) is 2.67. The van der Waals surface area contributed by atoms with E-state index in [1.807, 2.05) is 0 Å². The van der Waals surface area contributed by atoms with E-state index in [0.29, 0.717) is 11.6 Å². The number of nitrogens with zero attached hydrogens (tertiary/aromatic N) is 2. The van der Waals surface area contributed by atoms with Gasteiger partial charge in [0, 0.05) is 43.0 Å². The van der Waals surface area contributed by atoms with E-state index >= 15 is 0 Å². The first-order chi connectivity index (χ1) is 13.0. The molecular formula is C21H36N4O2. The van der Waals surface area contributed by atoms with Gasteiger partial charge in [-0.15, -0.1) is 0 Å². The Hall–Kier alpha value is -1.50. The third-order valence-electron chi connectivity index (χ3n) is 5.71. The molecule has 152 valence electrons. The van der Waals surface area contributed by atoms with E-state index in [4.69, 9.17) is 5.21 Å². The topological polar surface area (TPSA) is 77.5 Å². The van der Waals surface area contributed by atoms with Crippen molar-refractivity contribution in [2.24, 2.45) is 0 Å². The molecule has 0 saturated carbocycles. The summed E-state index contributed by atoms with van der Waals surface area (Å²) in [6.45, 7) is 7.52. The second-order valence-electron chi connectivity index (χ2n) is 7.94. The number of hydrogen-bond donors (Lipinski definition) is 3. The Kier molecular flexibility index (Phi) is 8.67. The number of hydroxylamine groups is 1. The molecule has 1 saturated heterocycles. The maximum absolute atomic E-state index is 11.3. The van der Waals surface area contributed by atoms with Crippen molar-refractivity contribution in [3.63, 3.8) is 0 Å². The van der Waals surface area contributed by atoms with Crippen LogP contribution in [0.1, 0.15) is 80.9 Å². The van der Waals surface area contributed by atoms with Crippen molar-refractivity contribution in [1.82, 2.24) is 20.7 Å². The van der Waals surface area contributed by atoms with E-state index in [1.54, 1.807) is 11.5 Å². The molecule has 1 amide bonds. The van der Waals surface area contributed by atoms with E-state index in [-0.39, 0.29) is 0 Å². The second-order valence-corrected chi connectivity index (χ2v) is 7.94. The molecule has 0 radical (unpaired) electrons. The summed E-state index contributed by atoms with van der Waals surface area (Å²) in [5, 5.41) is 12.2. The summed E-state index contributed by atoms with van der Waals surface area (Å²) in [5.41, 5.74) is 4.15. The minimum absolute atomic E-state index is 0.398. The van der Waals surface area contributed by atoms with Gasteiger partial charge in [0.05, 0.1) is 5.56 Å². The Morgan fingerprint density at radius 3 is 2.81 bits per heavy atom. The first kappa shape index (κ1) is 21.8. The van der Waals surface area contributed by atoms with Crippen LogP contribution in [0.3, 0.4) is 0 Å². The molecule has 2 unspecified atom stereocenters. The van der Waals surface area contributed by atoms with Crippen LogP contribution < -0.4 is 10.8 Å². The van der Waals surface area contributed by atoms with Crippen molar-refractivity contribution in [1.29, 1.82) is 0 Å². The van der Waals surface area contributed by atoms with Crippen LogP contribution in [-0.4, -0.2) is 46.2 Å². The van der Waals surface area contributed by atoms with Crippen LogP contribution in [0.4, 0.5) is 0 Å². The van der Waals surface area contributed by atoms with Crippen molar-refractivity contribution in [3.8, 4) is 0 Å². The van der Waals surface area contributed by atoms with E-state index < -0.39 is 5.91 Å². The van der Waals surface area contributed by atoms with Crippen LogP contribution in [0.2, 0.25) is 0 Å². The zero-order valence-electron chi connectivity index (χ0n) is 17.3.